The first-order valence-electron chi connectivity index (χ1n) is 12.0. The maximum absolute atomic E-state index is 13.1. The van der Waals surface area contributed by atoms with E-state index < -0.39 is 0 Å². The summed E-state index contributed by atoms with van der Waals surface area (Å²) in [5.41, 5.74) is 5.37. The lowest BCUT2D eigenvalue weighted by Gasteiger charge is -2.34. The van der Waals surface area contributed by atoms with Crippen LogP contribution in [0.2, 0.25) is 0 Å². The number of rotatable bonds is 5. The smallest absolute Gasteiger partial charge is 0.274 e. The summed E-state index contributed by atoms with van der Waals surface area (Å²) < 4.78 is 2.31. The highest BCUT2D eigenvalue weighted by atomic mass is 16.2. The number of hydrogen-bond donors (Lipinski definition) is 0. The monoisotopic (exact) mass is 462 g/mol. The Kier molecular flexibility index (Phi) is 5.68. The molecule has 35 heavy (non-hydrogen) atoms. The van der Waals surface area contributed by atoms with Crippen LogP contribution in [0, 0.1) is 0 Å². The maximum atomic E-state index is 13.1. The molecule has 1 saturated heterocycles. The lowest BCUT2D eigenvalue weighted by Crippen LogP contribution is -2.48. The quantitative estimate of drug-likeness (QED) is 0.395. The third kappa shape index (κ3) is 4.38. The maximum Gasteiger partial charge on any atom is 0.274 e. The van der Waals surface area contributed by atoms with Gasteiger partial charge in [0.1, 0.15) is 11.5 Å². The molecular weight excluding hydrogens is 436 g/mol. The van der Waals surface area contributed by atoms with E-state index in [9.17, 15) is 4.79 Å². The first-order chi connectivity index (χ1) is 17.2. The Morgan fingerprint density at radius 2 is 1.40 bits per heavy atom. The molecule has 7 heteroatoms. The largest absolute Gasteiger partial charge is 0.335 e. The van der Waals surface area contributed by atoms with Crippen LogP contribution in [-0.4, -0.2) is 61.4 Å². The van der Waals surface area contributed by atoms with Crippen molar-refractivity contribution in [2.45, 2.75) is 13.1 Å². The van der Waals surface area contributed by atoms with Crippen molar-refractivity contribution in [3.8, 4) is 0 Å². The number of imidazole rings is 1. The fraction of sp³-hybridized carbons (Fsp3) is 0.214. The predicted molar refractivity (Wildman–Crippen MR) is 136 cm³/mol. The molecule has 1 aliphatic rings. The Hall–Kier alpha value is -4.10. The highest BCUT2D eigenvalue weighted by molar-refractivity contribution is 5.93. The Morgan fingerprint density at radius 3 is 2.20 bits per heavy atom. The molecule has 0 N–H and O–H groups in total. The Morgan fingerprint density at radius 1 is 0.714 bits per heavy atom. The van der Waals surface area contributed by atoms with Crippen LogP contribution in [-0.2, 0) is 13.1 Å². The minimum absolute atomic E-state index is 0.0563. The lowest BCUT2D eigenvalue weighted by molar-refractivity contribution is 0.0618. The lowest BCUT2D eigenvalue weighted by atomic mass is 10.2. The fourth-order valence-corrected chi connectivity index (χ4v) is 4.72. The number of fused-ring (bicyclic) bond motifs is 2. The molecule has 1 amide bonds. The third-order valence-corrected chi connectivity index (χ3v) is 6.61. The topological polar surface area (TPSA) is 67.2 Å². The molecule has 3 heterocycles. The molecule has 6 rings (SSSR count). The van der Waals surface area contributed by atoms with Gasteiger partial charge in [-0.25, -0.2) is 9.97 Å². The molecule has 3 aromatic carbocycles. The fourth-order valence-electron chi connectivity index (χ4n) is 4.72. The first-order valence-corrected chi connectivity index (χ1v) is 12.0. The molecule has 5 aromatic rings. The number of nitrogens with zero attached hydrogens (tertiary/aromatic N) is 6. The van der Waals surface area contributed by atoms with Gasteiger partial charge in [0.2, 0.25) is 0 Å². The number of carbonyl (C=O) groups is 1. The number of benzene rings is 3. The molecule has 0 saturated carbocycles. The summed E-state index contributed by atoms with van der Waals surface area (Å²) in [6.07, 6.45) is 1.59. The van der Waals surface area contributed by atoms with Crippen LogP contribution in [0.4, 0.5) is 0 Å². The van der Waals surface area contributed by atoms with Crippen LogP contribution < -0.4 is 0 Å². The highest BCUT2D eigenvalue weighted by Crippen LogP contribution is 2.20. The van der Waals surface area contributed by atoms with E-state index in [1.807, 2.05) is 41.3 Å². The van der Waals surface area contributed by atoms with Gasteiger partial charge in [0.15, 0.2) is 0 Å². The number of aromatic nitrogens is 4. The van der Waals surface area contributed by atoms with Crippen molar-refractivity contribution in [1.82, 2.24) is 29.3 Å². The van der Waals surface area contributed by atoms with Crippen LogP contribution in [0.15, 0.2) is 85.1 Å². The van der Waals surface area contributed by atoms with Crippen molar-refractivity contribution in [3.63, 3.8) is 0 Å². The average Bonchev–Trinajstić information content (AvgIpc) is 3.25. The van der Waals surface area contributed by atoms with Gasteiger partial charge in [-0.2, -0.15) is 0 Å². The molecular formula is C28H26N6O. The van der Waals surface area contributed by atoms with Crippen LogP contribution in [0.1, 0.15) is 21.9 Å². The van der Waals surface area contributed by atoms with Crippen molar-refractivity contribution >= 4 is 28.0 Å². The molecule has 0 radical (unpaired) electrons. The van der Waals surface area contributed by atoms with Crippen LogP contribution >= 0.6 is 0 Å². The highest BCUT2D eigenvalue weighted by Gasteiger charge is 2.25. The number of piperazine rings is 1. The minimum atomic E-state index is -0.0563. The van der Waals surface area contributed by atoms with Gasteiger partial charge in [-0.3, -0.25) is 14.7 Å². The predicted octanol–water partition coefficient (Wildman–Crippen LogP) is 3.99. The zero-order valence-electron chi connectivity index (χ0n) is 19.4. The van der Waals surface area contributed by atoms with Gasteiger partial charge in [-0.1, -0.05) is 54.6 Å². The number of hydrogen-bond acceptors (Lipinski definition) is 5. The van der Waals surface area contributed by atoms with E-state index in [4.69, 9.17) is 4.98 Å². The first kappa shape index (κ1) is 21.4. The standard InChI is InChI=1S/C28H26N6O/c35-28(25-18-29-22-10-4-5-11-23(22)30-25)33-16-14-32(15-17-33)20-27-31-24-12-6-7-13-26(24)34(27)19-21-8-2-1-3-9-21/h1-13,18H,14-17,19-20H2. The summed E-state index contributed by atoms with van der Waals surface area (Å²) in [6, 6.07) is 26.4. The van der Waals surface area contributed by atoms with Gasteiger partial charge >= 0.3 is 0 Å². The van der Waals surface area contributed by atoms with Gasteiger partial charge in [0, 0.05) is 32.7 Å². The van der Waals surface area contributed by atoms with Crippen LogP contribution in [0.5, 0.6) is 0 Å². The van der Waals surface area contributed by atoms with E-state index in [1.54, 1.807) is 6.20 Å². The van der Waals surface area contributed by atoms with Gasteiger partial charge < -0.3 is 9.47 Å². The molecule has 1 fully saturated rings. The molecule has 2 aromatic heterocycles. The van der Waals surface area contributed by atoms with Crippen molar-refractivity contribution in [2.24, 2.45) is 0 Å². The molecule has 0 bridgehead atoms. The number of carbonyl (C=O) groups excluding carboxylic acids is 1. The van der Waals surface area contributed by atoms with Gasteiger partial charge in [0.05, 0.1) is 34.8 Å². The summed E-state index contributed by atoms with van der Waals surface area (Å²) in [7, 11) is 0. The van der Waals surface area contributed by atoms with Gasteiger partial charge in [-0.15, -0.1) is 0 Å². The van der Waals surface area contributed by atoms with E-state index in [-0.39, 0.29) is 5.91 Å². The number of para-hydroxylation sites is 4. The molecule has 1 aliphatic heterocycles. The molecule has 174 valence electrons. The zero-order chi connectivity index (χ0) is 23.6. The van der Waals surface area contributed by atoms with Gasteiger partial charge in [0.25, 0.3) is 5.91 Å². The molecule has 0 spiro atoms. The second-order valence-corrected chi connectivity index (χ2v) is 8.90. The minimum Gasteiger partial charge on any atom is -0.335 e. The van der Waals surface area contributed by atoms with E-state index in [0.29, 0.717) is 18.8 Å². The van der Waals surface area contributed by atoms with Crippen LogP contribution in [0.3, 0.4) is 0 Å². The van der Waals surface area contributed by atoms with E-state index in [0.717, 1.165) is 54.1 Å². The molecule has 7 nitrogen and oxygen atoms in total. The van der Waals surface area contributed by atoms with Crippen molar-refractivity contribution in [1.29, 1.82) is 0 Å². The zero-order valence-corrected chi connectivity index (χ0v) is 19.4. The van der Waals surface area contributed by atoms with Crippen LogP contribution in [0.25, 0.3) is 22.1 Å². The van der Waals surface area contributed by atoms with Crippen molar-refractivity contribution in [2.75, 3.05) is 26.2 Å². The Balaban J connectivity index is 1.16. The van der Waals surface area contributed by atoms with Gasteiger partial charge in [-0.05, 0) is 29.8 Å². The summed E-state index contributed by atoms with van der Waals surface area (Å²) in [5, 5.41) is 0. The number of amides is 1. The van der Waals surface area contributed by atoms with Crippen molar-refractivity contribution < 1.29 is 4.79 Å². The summed E-state index contributed by atoms with van der Waals surface area (Å²) >= 11 is 0. The van der Waals surface area contributed by atoms with E-state index in [2.05, 4.69) is 61.9 Å². The molecule has 0 aliphatic carbocycles. The van der Waals surface area contributed by atoms with Crippen molar-refractivity contribution in [3.05, 3.63) is 102 Å². The summed E-state index contributed by atoms with van der Waals surface area (Å²) in [5.74, 6) is 0.995. The van der Waals surface area contributed by atoms with E-state index >= 15 is 0 Å². The molecule has 0 atom stereocenters. The second kappa shape index (κ2) is 9.27. The Bertz CT molecular complexity index is 1490. The van der Waals surface area contributed by atoms with E-state index in [1.165, 1.54) is 5.56 Å². The third-order valence-electron chi connectivity index (χ3n) is 6.61. The Labute approximate surface area is 203 Å². The second-order valence-electron chi connectivity index (χ2n) is 8.90. The normalized spacial score (nSPS) is 14.6. The SMILES string of the molecule is O=C(c1cnc2ccccc2n1)N1CCN(Cc2nc3ccccc3n2Cc2ccccc2)CC1. The summed E-state index contributed by atoms with van der Waals surface area (Å²) in [6.45, 7) is 4.44. The summed E-state index contributed by atoms with van der Waals surface area (Å²) in [4.78, 5) is 31.2. The molecule has 0 unspecified atom stereocenters. The average molecular weight is 463 g/mol.